The fourth-order valence-corrected chi connectivity index (χ4v) is 2.55. The molecule has 0 bridgehead atoms. The van der Waals surface area contributed by atoms with E-state index in [1.54, 1.807) is 18.2 Å². The maximum Gasteiger partial charge on any atom is 0.150 e. The molecular formula is C16H13ClN2O. The molecule has 0 saturated carbocycles. The van der Waals surface area contributed by atoms with Crippen molar-refractivity contribution in [3.05, 3.63) is 52.5 Å². The number of nitriles is 1. The summed E-state index contributed by atoms with van der Waals surface area (Å²) in [6.07, 6.45) is 2.19. The van der Waals surface area contributed by atoms with E-state index < -0.39 is 0 Å². The Bertz CT molecular complexity index is 691. The first-order chi connectivity index (χ1) is 9.78. The molecule has 0 aromatic heterocycles. The maximum absolute atomic E-state index is 8.84. The SMILES string of the molecule is N#Cc1ccc(Oc2cccc3c2NCCC3)c(Cl)c1. The molecule has 0 fully saturated rings. The van der Waals surface area contributed by atoms with E-state index in [-0.39, 0.29) is 0 Å². The monoisotopic (exact) mass is 284 g/mol. The lowest BCUT2D eigenvalue weighted by Crippen LogP contribution is -2.12. The highest BCUT2D eigenvalue weighted by Crippen LogP contribution is 2.37. The zero-order valence-corrected chi connectivity index (χ0v) is 11.6. The summed E-state index contributed by atoms with van der Waals surface area (Å²) >= 11 is 6.14. The molecule has 1 aliphatic heterocycles. The van der Waals surface area contributed by atoms with Crippen molar-refractivity contribution in [2.24, 2.45) is 0 Å². The lowest BCUT2D eigenvalue weighted by Gasteiger charge is -2.21. The predicted molar refractivity (Wildman–Crippen MR) is 79.5 cm³/mol. The van der Waals surface area contributed by atoms with E-state index in [4.69, 9.17) is 21.6 Å². The van der Waals surface area contributed by atoms with Gasteiger partial charge in [-0.25, -0.2) is 0 Å². The van der Waals surface area contributed by atoms with E-state index in [9.17, 15) is 0 Å². The molecule has 1 heterocycles. The summed E-state index contributed by atoms with van der Waals surface area (Å²) < 4.78 is 5.90. The molecule has 0 spiro atoms. The minimum atomic E-state index is 0.442. The highest BCUT2D eigenvalue weighted by molar-refractivity contribution is 6.32. The number of fused-ring (bicyclic) bond motifs is 1. The van der Waals surface area contributed by atoms with Gasteiger partial charge in [-0.3, -0.25) is 0 Å². The molecule has 0 saturated heterocycles. The summed E-state index contributed by atoms with van der Waals surface area (Å²) in [6, 6.07) is 13.1. The number of anilines is 1. The Morgan fingerprint density at radius 2 is 2.10 bits per heavy atom. The number of hydrogen-bond acceptors (Lipinski definition) is 3. The lowest BCUT2D eigenvalue weighted by atomic mass is 10.0. The largest absolute Gasteiger partial charge is 0.454 e. The molecule has 2 aromatic rings. The molecule has 1 N–H and O–H groups in total. The number of aryl methyl sites for hydroxylation is 1. The van der Waals surface area contributed by atoms with Crippen LogP contribution < -0.4 is 10.1 Å². The first-order valence-corrected chi connectivity index (χ1v) is 6.89. The minimum Gasteiger partial charge on any atom is -0.454 e. The van der Waals surface area contributed by atoms with Crippen molar-refractivity contribution in [3.8, 4) is 17.6 Å². The van der Waals surface area contributed by atoms with Crippen LogP contribution >= 0.6 is 11.6 Å². The van der Waals surface area contributed by atoms with Gasteiger partial charge in [0.2, 0.25) is 0 Å². The minimum absolute atomic E-state index is 0.442. The number of hydrogen-bond donors (Lipinski definition) is 1. The molecule has 2 aromatic carbocycles. The van der Waals surface area contributed by atoms with Crippen LogP contribution in [-0.4, -0.2) is 6.54 Å². The Kier molecular flexibility index (Phi) is 3.49. The fraction of sp³-hybridized carbons (Fsp3) is 0.188. The molecule has 3 rings (SSSR count). The molecule has 0 atom stereocenters. The standard InChI is InChI=1S/C16H13ClN2O/c17-13-9-11(10-18)6-7-14(13)20-15-5-1-3-12-4-2-8-19-16(12)15/h1,3,5-7,9,19H,2,4,8H2. The van der Waals surface area contributed by atoms with Crippen LogP contribution in [0.15, 0.2) is 36.4 Å². The van der Waals surface area contributed by atoms with Crippen LogP contribution in [0.4, 0.5) is 5.69 Å². The van der Waals surface area contributed by atoms with E-state index in [1.165, 1.54) is 5.56 Å². The number of rotatable bonds is 2. The van der Waals surface area contributed by atoms with E-state index >= 15 is 0 Å². The van der Waals surface area contributed by atoms with Crippen molar-refractivity contribution in [3.63, 3.8) is 0 Å². The molecule has 3 nitrogen and oxygen atoms in total. The van der Waals surface area contributed by atoms with Gasteiger partial charge in [0.1, 0.15) is 5.75 Å². The van der Waals surface area contributed by atoms with Crippen molar-refractivity contribution in [1.82, 2.24) is 0 Å². The second-order valence-corrected chi connectivity index (χ2v) is 5.09. The Morgan fingerprint density at radius 3 is 2.90 bits per heavy atom. The third kappa shape index (κ3) is 2.43. The zero-order chi connectivity index (χ0) is 13.9. The normalized spacial score (nSPS) is 13.0. The van der Waals surface area contributed by atoms with E-state index in [1.807, 2.05) is 12.1 Å². The number of halogens is 1. The van der Waals surface area contributed by atoms with Gasteiger partial charge >= 0.3 is 0 Å². The predicted octanol–water partition coefficient (Wildman–Crippen LogP) is 4.36. The molecule has 0 radical (unpaired) electrons. The van der Waals surface area contributed by atoms with Crippen molar-refractivity contribution >= 4 is 17.3 Å². The summed E-state index contributed by atoms with van der Waals surface area (Å²) in [5.74, 6) is 1.33. The number of benzene rings is 2. The van der Waals surface area contributed by atoms with Crippen LogP contribution in [0.2, 0.25) is 5.02 Å². The quantitative estimate of drug-likeness (QED) is 0.891. The van der Waals surface area contributed by atoms with Gasteiger partial charge in [-0.15, -0.1) is 0 Å². The second kappa shape index (κ2) is 5.44. The zero-order valence-electron chi connectivity index (χ0n) is 10.8. The van der Waals surface area contributed by atoms with Crippen molar-refractivity contribution in [1.29, 1.82) is 5.26 Å². The first-order valence-electron chi connectivity index (χ1n) is 6.51. The van der Waals surface area contributed by atoms with Gasteiger partial charge in [0, 0.05) is 6.54 Å². The van der Waals surface area contributed by atoms with E-state index in [0.29, 0.717) is 16.3 Å². The molecule has 0 aliphatic carbocycles. The third-order valence-corrected chi connectivity index (χ3v) is 3.61. The van der Waals surface area contributed by atoms with Gasteiger partial charge in [-0.1, -0.05) is 23.7 Å². The van der Waals surface area contributed by atoms with E-state index in [0.717, 1.165) is 30.8 Å². The van der Waals surface area contributed by atoms with Gasteiger partial charge in [0.05, 0.1) is 22.3 Å². The van der Waals surface area contributed by atoms with Crippen LogP contribution in [-0.2, 0) is 6.42 Å². The Balaban J connectivity index is 1.94. The van der Waals surface area contributed by atoms with Crippen LogP contribution in [0.5, 0.6) is 11.5 Å². The summed E-state index contributed by atoms with van der Waals surface area (Å²) in [4.78, 5) is 0. The molecule has 20 heavy (non-hydrogen) atoms. The molecular weight excluding hydrogens is 272 g/mol. The third-order valence-electron chi connectivity index (χ3n) is 3.32. The number of ether oxygens (including phenoxy) is 1. The van der Waals surface area contributed by atoms with Gasteiger partial charge in [0.15, 0.2) is 5.75 Å². The number of nitrogens with one attached hydrogen (secondary N) is 1. The number of nitrogens with zero attached hydrogens (tertiary/aromatic N) is 1. The molecule has 1 aliphatic rings. The average molecular weight is 285 g/mol. The van der Waals surface area contributed by atoms with Crippen LogP contribution in [0, 0.1) is 11.3 Å². The first kappa shape index (κ1) is 12.8. The van der Waals surface area contributed by atoms with Crippen LogP contribution in [0.1, 0.15) is 17.5 Å². The van der Waals surface area contributed by atoms with Gasteiger partial charge in [-0.2, -0.15) is 5.26 Å². The topological polar surface area (TPSA) is 45.0 Å². The maximum atomic E-state index is 8.84. The van der Waals surface area contributed by atoms with Gasteiger partial charge < -0.3 is 10.1 Å². The Hall–Kier alpha value is -2.18. The van der Waals surface area contributed by atoms with Crippen LogP contribution in [0.3, 0.4) is 0 Å². The number of para-hydroxylation sites is 1. The van der Waals surface area contributed by atoms with E-state index in [2.05, 4.69) is 17.5 Å². The second-order valence-electron chi connectivity index (χ2n) is 4.68. The molecule has 0 unspecified atom stereocenters. The lowest BCUT2D eigenvalue weighted by molar-refractivity contribution is 0.483. The highest BCUT2D eigenvalue weighted by Gasteiger charge is 2.14. The molecule has 0 amide bonds. The summed E-state index contributed by atoms with van der Waals surface area (Å²) in [7, 11) is 0. The smallest absolute Gasteiger partial charge is 0.150 e. The molecule has 4 heteroatoms. The fourth-order valence-electron chi connectivity index (χ4n) is 2.33. The van der Waals surface area contributed by atoms with Gasteiger partial charge in [0.25, 0.3) is 0 Å². The average Bonchev–Trinajstić information content (AvgIpc) is 2.49. The Morgan fingerprint density at radius 1 is 1.20 bits per heavy atom. The van der Waals surface area contributed by atoms with Crippen LogP contribution in [0.25, 0.3) is 0 Å². The van der Waals surface area contributed by atoms with Crippen molar-refractivity contribution in [2.45, 2.75) is 12.8 Å². The van der Waals surface area contributed by atoms with Gasteiger partial charge in [-0.05, 0) is 42.7 Å². The summed E-state index contributed by atoms with van der Waals surface area (Å²) in [5.41, 5.74) is 2.83. The summed E-state index contributed by atoms with van der Waals surface area (Å²) in [5, 5.41) is 12.7. The summed E-state index contributed by atoms with van der Waals surface area (Å²) in [6.45, 7) is 0.953. The van der Waals surface area contributed by atoms with Crippen molar-refractivity contribution < 1.29 is 4.74 Å². The highest BCUT2D eigenvalue weighted by atomic mass is 35.5. The van der Waals surface area contributed by atoms with Crippen molar-refractivity contribution in [2.75, 3.05) is 11.9 Å². The Labute approximate surface area is 122 Å². The molecule has 100 valence electrons.